The number of esters is 1. The zero-order valence-corrected chi connectivity index (χ0v) is 16.3. The molecule has 1 aromatic carbocycles. The molecule has 0 saturated carbocycles. The van der Waals surface area contributed by atoms with Crippen LogP contribution in [-0.2, 0) is 19.1 Å². The molecular formula is C22H21NO4S. The summed E-state index contributed by atoms with van der Waals surface area (Å²) in [6.45, 7) is 1.97. The van der Waals surface area contributed by atoms with Gasteiger partial charge in [0.1, 0.15) is 5.92 Å². The molecule has 2 aliphatic rings. The molecule has 3 atom stereocenters. The first-order valence-corrected chi connectivity index (χ1v) is 10.3. The van der Waals surface area contributed by atoms with Gasteiger partial charge in [0.15, 0.2) is 5.78 Å². The molecule has 1 amide bonds. The van der Waals surface area contributed by atoms with Crippen LogP contribution >= 0.6 is 11.3 Å². The Bertz CT molecular complexity index is 933. The van der Waals surface area contributed by atoms with E-state index in [-0.39, 0.29) is 36.6 Å². The topological polar surface area (TPSA) is 72.5 Å². The van der Waals surface area contributed by atoms with Crippen molar-refractivity contribution in [3.8, 4) is 0 Å². The van der Waals surface area contributed by atoms with E-state index in [0.29, 0.717) is 17.7 Å². The van der Waals surface area contributed by atoms with Crippen LogP contribution in [0.5, 0.6) is 0 Å². The number of hydrogen-bond donors (Lipinski definition) is 1. The second-order valence-electron chi connectivity index (χ2n) is 7.03. The number of carbonyl (C=O) groups is 3. The third-order valence-corrected chi connectivity index (χ3v) is 6.38. The van der Waals surface area contributed by atoms with E-state index in [1.165, 1.54) is 11.3 Å². The summed E-state index contributed by atoms with van der Waals surface area (Å²) < 4.78 is 5.26. The van der Waals surface area contributed by atoms with Crippen LogP contribution < -0.4 is 5.32 Å². The van der Waals surface area contributed by atoms with Crippen LogP contribution in [0, 0.1) is 5.92 Å². The Morgan fingerprint density at radius 3 is 2.61 bits per heavy atom. The number of hydrogen-bond acceptors (Lipinski definition) is 5. The number of nitrogens with one attached hydrogen (secondary N) is 1. The minimum Gasteiger partial charge on any atom is -0.465 e. The first-order valence-electron chi connectivity index (χ1n) is 9.42. The van der Waals surface area contributed by atoms with Crippen molar-refractivity contribution in [3.05, 3.63) is 69.6 Å². The van der Waals surface area contributed by atoms with Crippen LogP contribution in [0.25, 0.3) is 0 Å². The maximum Gasteiger partial charge on any atom is 0.317 e. The van der Waals surface area contributed by atoms with Gasteiger partial charge in [0.25, 0.3) is 0 Å². The largest absolute Gasteiger partial charge is 0.465 e. The fourth-order valence-electron chi connectivity index (χ4n) is 4.19. The van der Waals surface area contributed by atoms with Crippen LogP contribution in [0.3, 0.4) is 0 Å². The number of ketones is 1. The minimum atomic E-state index is -0.876. The van der Waals surface area contributed by atoms with Gasteiger partial charge in [0, 0.05) is 34.4 Å². The summed E-state index contributed by atoms with van der Waals surface area (Å²) in [6, 6.07) is 13.4. The first kappa shape index (κ1) is 18.6. The molecule has 6 heteroatoms. The molecule has 5 nitrogen and oxygen atoms in total. The SMILES string of the molecule is CCOC(=O)[C@@H]1C(=O)C2=C(C[C@H]1c1cccs1)NC(=O)C[C@@H]2c1ccccc1. The molecule has 144 valence electrons. The average molecular weight is 395 g/mol. The predicted octanol–water partition coefficient (Wildman–Crippen LogP) is 3.54. The maximum absolute atomic E-state index is 13.6. The summed E-state index contributed by atoms with van der Waals surface area (Å²) in [5.74, 6) is -2.34. The van der Waals surface area contributed by atoms with Gasteiger partial charge >= 0.3 is 5.97 Å². The van der Waals surface area contributed by atoms with Crippen molar-refractivity contribution in [2.75, 3.05) is 6.61 Å². The lowest BCUT2D eigenvalue weighted by molar-refractivity contribution is -0.152. The molecule has 1 aliphatic carbocycles. The van der Waals surface area contributed by atoms with Gasteiger partial charge in [0.05, 0.1) is 6.61 Å². The van der Waals surface area contributed by atoms with Crippen LogP contribution in [0.2, 0.25) is 0 Å². The Morgan fingerprint density at radius 2 is 1.93 bits per heavy atom. The van der Waals surface area contributed by atoms with Crippen molar-refractivity contribution in [2.45, 2.75) is 31.6 Å². The number of Topliss-reactive ketones (excluding diaryl/α,β-unsaturated/α-hetero) is 1. The fraction of sp³-hybridized carbons (Fsp3) is 0.318. The molecule has 1 aromatic heterocycles. The van der Waals surface area contributed by atoms with E-state index in [0.717, 1.165) is 10.4 Å². The monoisotopic (exact) mass is 395 g/mol. The summed E-state index contributed by atoms with van der Waals surface area (Å²) in [7, 11) is 0. The molecule has 0 radical (unpaired) electrons. The number of benzene rings is 1. The smallest absolute Gasteiger partial charge is 0.317 e. The Kier molecular flexibility index (Phi) is 5.13. The van der Waals surface area contributed by atoms with E-state index < -0.39 is 11.9 Å². The van der Waals surface area contributed by atoms with Crippen LogP contribution in [0.1, 0.15) is 42.0 Å². The van der Waals surface area contributed by atoms with Crippen molar-refractivity contribution in [1.29, 1.82) is 0 Å². The highest BCUT2D eigenvalue weighted by molar-refractivity contribution is 7.10. The second-order valence-corrected chi connectivity index (χ2v) is 8.01. The third kappa shape index (κ3) is 3.29. The van der Waals surface area contributed by atoms with Crippen LogP contribution in [0.15, 0.2) is 59.1 Å². The Hall–Kier alpha value is -2.73. The number of thiophene rings is 1. The van der Waals surface area contributed by atoms with Gasteiger partial charge in [0.2, 0.25) is 5.91 Å². The maximum atomic E-state index is 13.6. The van der Waals surface area contributed by atoms with E-state index in [4.69, 9.17) is 4.74 Å². The summed E-state index contributed by atoms with van der Waals surface area (Å²) in [4.78, 5) is 39.6. The molecule has 2 aromatic rings. The normalized spacial score (nSPS) is 24.5. The van der Waals surface area contributed by atoms with Gasteiger partial charge in [-0.25, -0.2) is 0 Å². The highest BCUT2D eigenvalue weighted by Gasteiger charge is 2.47. The first-order chi connectivity index (χ1) is 13.6. The standard InChI is InChI=1S/C22H21NO4S/c1-2-27-22(26)20-15(17-9-6-10-28-17)11-16-19(21(20)25)14(12-18(24)23-16)13-7-4-3-5-8-13/h3-10,14-15,20H,2,11-12H2,1H3,(H,23,24)/t14-,15+,20+/m1/s1. The molecule has 28 heavy (non-hydrogen) atoms. The van der Waals surface area contributed by atoms with E-state index >= 15 is 0 Å². The van der Waals surface area contributed by atoms with Crippen LogP contribution in [-0.4, -0.2) is 24.3 Å². The number of rotatable bonds is 4. The molecule has 0 spiro atoms. The van der Waals surface area contributed by atoms with Crippen molar-refractivity contribution in [3.63, 3.8) is 0 Å². The van der Waals surface area contributed by atoms with E-state index in [9.17, 15) is 14.4 Å². The van der Waals surface area contributed by atoms with Gasteiger partial charge in [-0.05, 0) is 30.4 Å². The van der Waals surface area contributed by atoms with Crippen molar-refractivity contribution < 1.29 is 19.1 Å². The lowest BCUT2D eigenvalue weighted by Gasteiger charge is -2.37. The predicted molar refractivity (Wildman–Crippen MR) is 106 cm³/mol. The van der Waals surface area contributed by atoms with Crippen molar-refractivity contribution in [2.24, 2.45) is 5.92 Å². The highest BCUT2D eigenvalue weighted by atomic mass is 32.1. The molecule has 0 fully saturated rings. The number of ether oxygens (including phenoxy) is 1. The second kappa shape index (κ2) is 7.72. The highest BCUT2D eigenvalue weighted by Crippen LogP contribution is 2.46. The van der Waals surface area contributed by atoms with E-state index in [1.807, 2.05) is 47.8 Å². The number of carbonyl (C=O) groups excluding carboxylic acids is 3. The summed E-state index contributed by atoms with van der Waals surface area (Å²) >= 11 is 1.51. The van der Waals surface area contributed by atoms with Crippen LogP contribution in [0.4, 0.5) is 0 Å². The molecule has 0 saturated heterocycles. The van der Waals surface area contributed by atoms with Gasteiger partial charge in [-0.15, -0.1) is 11.3 Å². The summed E-state index contributed by atoms with van der Waals surface area (Å²) in [6.07, 6.45) is 0.647. The lowest BCUT2D eigenvalue weighted by Crippen LogP contribution is -2.44. The lowest BCUT2D eigenvalue weighted by atomic mass is 9.69. The molecule has 1 aliphatic heterocycles. The zero-order chi connectivity index (χ0) is 19.7. The number of allylic oxidation sites excluding steroid dienone is 2. The Morgan fingerprint density at radius 1 is 1.14 bits per heavy atom. The molecular weight excluding hydrogens is 374 g/mol. The van der Waals surface area contributed by atoms with E-state index in [1.54, 1.807) is 6.92 Å². The molecule has 4 rings (SSSR count). The minimum absolute atomic E-state index is 0.0973. The number of amides is 1. The molecule has 0 unspecified atom stereocenters. The molecule has 2 heterocycles. The molecule has 1 N–H and O–H groups in total. The van der Waals surface area contributed by atoms with Crippen molar-refractivity contribution >= 4 is 29.0 Å². The van der Waals surface area contributed by atoms with E-state index in [2.05, 4.69) is 5.32 Å². The summed E-state index contributed by atoms with van der Waals surface area (Å²) in [5.41, 5.74) is 2.11. The Labute approximate surface area is 167 Å². The summed E-state index contributed by atoms with van der Waals surface area (Å²) in [5, 5.41) is 4.83. The van der Waals surface area contributed by atoms with Gasteiger partial charge in [-0.1, -0.05) is 36.4 Å². The van der Waals surface area contributed by atoms with Gasteiger partial charge < -0.3 is 10.1 Å². The van der Waals surface area contributed by atoms with Gasteiger partial charge in [-0.3, -0.25) is 14.4 Å². The quantitative estimate of drug-likeness (QED) is 0.635. The van der Waals surface area contributed by atoms with Crippen molar-refractivity contribution in [1.82, 2.24) is 5.32 Å². The average Bonchev–Trinajstić information content (AvgIpc) is 3.22. The zero-order valence-electron chi connectivity index (χ0n) is 15.5. The molecule has 0 bridgehead atoms. The third-order valence-electron chi connectivity index (χ3n) is 5.38. The Balaban J connectivity index is 1.81. The van der Waals surface area contributed by atoms with Gasteiger partial charge in [-0.2, -0.15) is 0 Å². The fourth-order valence-corrected chi connectivity index (χ4v) is 5.06.